The van der Waals surface area contributed by atoms with E-state index in [2.05, 4.69) is 40.8 Å². The first kappa shape index (κ1) is 15.4. The first-order valence-corrected chi connectivity index (χ1v) is 8.81. The molecule has 1 aromatic carbocycles. The normalized spacial score (nSPS) is 10.8. The number of aromatic nitrogens is 1. The fraction of sp³-hybridized carbons (Fsp3) is 0.438. The maximum absolute atomic E-state index is 5.10. The number of thiocarbonyl (C=S) groups is 1. The molecule has 20 heavy (non-hydrogen) atoms. The highest BCUT2D eigenvalue weighted by molar-refractivity contribution is 8.22. The number of para-hydroxylation sites is 1. The quantitative estimate of drug-likeness (QED) is 0.582. The van der Waals surface area contributed by atoms with E-state index < -0.39 is 0 Å². The molecule has 2 N–H and O–H groups in total. The number of fused-ring (bicyclic) bond motifs is 1. The van der Waals surface area contributed by atoms with Crippen molar-refractivity contribution >= 4 is 39.2 Å². The second kappa shape index (κ2) is 8.32. The largest absolute Gasteiger partial charge is 0.371 e. The third kappa shape index (κ3) is 4.53. The van der Waals surface area contributed by atoms with Crippen molar-refractivity contribution in [3.05, 3.63) is 36.0 Å². The number of unbranched alkanes of at least 4 members (excludes halogenated alkanes) is 3. The third-order valence-corrected chi connectivity index (χ3v) is 4.66. The van der Waals surface area contributed by atoms with Gasteiger partial charge in [-0.2, -0.15) is 0 Å². The van der Waals surface area contributed by atoms with Crippen LogP contribution in [0.1, 0.15) is 31.2 Å². The van der Waals surface area contributed by atoms with Crippen molar-refractivity contribution in [2.24, 2.45) is 0 Å². The smallest absolute Gasteiger partial charge is 0.133 e. The van der Waals surface area contributed by atoms with E-state index in [1.54, 1.807) is 11.8 Å². The zero-order valence-corrected chi connectivity index (χ0v) is 13.6. The Morgan fingerprint density at radius 2 is 2.00 bits per heavy atom. The number of hydrogen-bond acceptors (Lipinski definition) is 2. The monoisotopic (exact) mass is 306 g/mol. The molecule has 2 rings (SSSR count). The van der Waals surface area contributed by atoms with E-state index in [1.165, 1.54) is 48.6 Å². The van der Waals surface area contributed by atoms with Crippen LogP contribution >= 0.6 is 24.0 Å². The molecule has 2 aromatic rings. The van der Waals surface area contributed by atoms with Gasteiger partial charge in [0.05, 0.1) is 0 Å². The van der Waals surface area contributed by atoms with Gasteiger partial charge in [-0.05, 0) is 37.1 Å². The molecule has 0 fully saturated rings. The first-order valence-electron chi connectivity index (χ1n) is 7.18. The first-order chi connectivity index (χ1) is 9.81. The highest BCUT2D eigenvalue weighted by atomic mass is 32.2. The van der Waals surface area contributed by atoms with Gasteiger partial charge in [-0.3, -0.25) is 0 Å². The maximum Gasteiger partial charge on any atom is 0.133 e. The molecular formula is C16H22N2S2. The zero-order valence-electron chi connectivity index (χ0n) is 11.9. The Morgan fingerprint density at radius 1 is 1.20 bits per heavy atom. The van der Waals surface area contributed by atoms with Crippen molar-refractivity contribution in [3.63, 3.8) is 0 Å². The summed E-state index contributed by atoms with van der Waals surface area (Å²) in [7, 11) is 0. The molecule has 0 saturated heterocycles. The van der Waals surface area contributed by atoms with Crippen LogP contribution < -0.4 is 5.32 Å². The summed E-state index contributed by atoms with van der Waals surface area (Å²) in [6.07, 6.45) is 10.4. The van der Waals surface area contributed by atoms with Gasteiger partial charge >= 0.3 is 0 Å². The SMILES string of the molecule is CSC(=S)NCCCCCCc1c[nH]c2ccccc12. The Morgan fingerprint density at radius 3 is 2.85 bits per heavy atom. The fourth-order valence-electron chi connectivity index (χ4n) is 2.40. The molecule has 1 aromatic heterocycles. The van der Waals surface area contributed by atoms with Crippen LogP contribution in [0.3, 0.4) is 0 Å². The molecule has 0 aliphatic rings. The Balaban J connectivity index is 1.63. The number of aromatic amines is 1. The Hall–Kier alpha value is -1.00. The lowest BCUT2D eigenvalue weighted by Crippen LogP contribution is -2.18. The predicted octanol–water partition coefficient (Wildman–Crippen LogP) is 4.51. The lowest BCUT2D eigenvalue weighted by Gasteiger charge is -2.05. The van der Waals surface area contributed by atoms with Gasteiger partial charge in [-0.15, -0.1) is 11.8 Å². The number of aryl methyl sites for hydroxylation is 1. The summed E-state index contributed by atoms with van der Waals surface area (Å²) in [4.78, 5) is 3.34. The molecule has 108 valence electrons. The highest BCUT2D eigenvalue weighted by Gasteiger charge is 2.02. The molecule has 1 heterocycles. The number of benzene rings is 1. The Labute approximate surface area is 130 Å². The van der Waals surface area contributed by atoms with Crippen molar-refractivity contribution in [2.75, 3.05) is 12.8 Å². The summed E-state index contributed by atoms with van der Waals surface area (Å²) in [5.74, 6) is 0. The van der Waals surface area contributed by atoms with Gasteiger partial charge in [0.25, 0.3) is 0 Å². The summed E-state index contributed by atoms with van der Waals surface area (Å²) in [6, 6.07) is 8.53. The number of thioether (sulfide) groups is 1. The molecule has 0 unspecified atom stereocenters. The van der Waals surface area contributed by atoms with Crippen LogP contribution in [0.4, 0.5) is 0 Å². The van der Waals surface area contributed by atoms with Crippen molar-refractivity contribution in [1.29, 1.82) is 0 Å². The minimum absolute atomic E-state index is 0.906. The average Bonchev–Trinajstić information content (AvgIpc) is 2.89. The van der Waals surface area contributed by atoms with Crippen LogP contribution in [-0.2, 0) is 6.42 Å². The Kier molecular flexibility index (Phi) is 6.40. The molecule has 0 amide bonds. The van der Waals surface area contributed by atoms with Crippen LogP contribution in [-0.4, -0.2) is 22.1 Å². The predicted molar refractivity (Wildman–Crippen MR) is 94.6 cm³/mol. The molecule has 2 nitrogen and oxygen atoms in total. The van der Waals surface area contributed by atoms with E-state index in [0.29, 0.717) is 0 Å². The number of H-pyrrole nitrogens is 1. The van der Waals surface area contributed by atoms with Gasteiger partial charge in [0.1, 0.15) is 4.32 Å². The molecule has 0 saturated carbocycles. The summed E-state index contributed by atoms with van der Waals surface area (Å²) < 4.78 is 0.906. The number of hydrogen-bond donors (Lipinski definition) is 2. The summed E-state index contributed by atoms with van der Waals surface area (Å²) >= 11 is 6.71. The second-order valence-corrected chi connectivity index (χ2v) is 6.43. The van der Waals surface area contributed by atoms with E-state index >= 15 is 0 Å². The Bertz CT molecular complexity index is 548. The van der Waals surface area contributed by atoms with Gasteiger partial charge in [0.15, 0.2) is 0 Å². The van der Waals surface area contributed by atoms with E-state index in [-0.39, 0.29) is 0 Å². The van der Waals surface area contributed by atoms with E-state index in [4.69, 9.17) is 12.2 Å². The molecule has 0 aliphatic heterocycles. The minimum Gasteiger partial charge on any atom is -0.371 e. The molecule has 4 heteroatoms. The zero-order chi connectivity index (χ0) is 14.2. The molecule has 0 radical (unpaired) electrons. The van der Waals surface area contributed by atoms with Gasteiger partial charge in [0, 0.05) is 23.6 Å². The van der Waals surface area contributed by atoms with Crippen LogP contribution in [0.25, 0.3) is 10.9 Å². The summed E-state index contributed by atoms with van der Waals surface area (Å²) in [6.45, 7) is 1.01. The fourth-order valence-corrected chi connectivity index (χ4v) is 2.74. The summed E-state index contributed by atoms with van der Waals surface area (Å²) in [5, 5.41) is 4.62. The van der Waals surface area contributed by atoms with E-state index in [0.717, 1.165) is 10.9 Å². The minimum atomic E-state index is 0.906. The average molecular weight is 306 g/mol. The standard InChI is InChI=1S/C16H22N2S2/c1-20-16(19)17-11-7-3-2-4-8-13-12-18-15-10-6-5-9-14(13)15/h5-6,9-10,12,18H,2-4,7-8,11H2,1H3,(H,17,19). The second-order valence-electron chi connectivity index (χ2n) is 4.94. The van der Waals surface area contributed by atoms with Crippen molar-refractivity contribution in [2.45, 2.75) is 32.1 Å². The van der Waals surface area contributed by atoms with Crippen molar-refractivity contribution in [1.82, 2.24) is 10.3 Å². The van der Waals surface area contributed by atoms with Gasteiger partial charge in [-0.1, -0.05) is 43.3 Å². The summed E-state index contributed by atoms with van der Waals surface area (Å²) in [5.41, 5.74) is 2.69. The highest BCUT2D eigenvalue weighted by Crippen LogP contribution is 2.19. The molecule has 0 aliphatic carbocycles. The van der Waals surface area contributed by atoms with Crippen LogP contribution in [0.2, 0.25) is 0 Å². The number of nitrogens with one attached hydrogen (secondary N) is 2. The molecule has 0 atom stereocenters. The maximum atomic E-state index is 5.10. The lowest BCUT2D eigenvalue weighted by atomic mass is 10.1. The van der Waals surface area contributed by atoms with Gasteiger partial charge in [-0.25, -0.2) is 0 Å². The van der Waals surface area contributed by atoms with Crippen LogP contribution in [0.15, 0.2) is 30.5 Å². The van der Waals surface area contributed by atoms with Gasteiger partial charge in [0.2, 0.25) is 0 Å². The van der Waals surface area contributed by atoms with E-state index in [1.807, 2.05) is 6.26 Å². The van der Waals surface area contributed by atoms with Crippen molar-refractivity contribution in [3.8, 4) is 0 Å². The lowest BCUT2D eigenvalue weighted by molar-refractivity contribution is 0.634. The van der Waals surface area contributed by atoms with Crippen LogP contribution in [0, 0.1) is 0 Å². The van der Waals surface area contributed by atoms with E-state index in [9.17, 15) is 0 Å². The molecule has 0 spiro atoms. The van der Waals surface area contributed by atoms with Gasteiger partial charge < -0.3 is 10.3 Å². The molecular weight excluding hydrogens is 284 g/mol. The topological polar surface area (TPSA) is 27.8 Å². The number of rotatable bonds is 7. The van der Waals surface area contributed by atoms with Crippen LogP contribution in [0.5, 0.6) is 0 Å². The van der Waals surface area contributed by atoms with Crippen molar-refractivity contribution < 1.29 is 0 Å². The third-order valence-electron chi connectivity index (χ3n) is 3.50. The molecule has 0 bridgehead atoms.